The molecule has 2 fully saturated rings. The van der Waals surface area contributed by atoms with Gasteiger partial charge in [-0.2, -0.15) is 0 Å². The molecule has 6 nitrogen and oxygen atoms in total. The average Bonchev–Trinajstić information content (AvgIpc) is 3.21. The largest absolute Gasteiger partial charge is 0.347 e. The zero-order valence-corrected chi connectivity index (χ0v) is 13.0. The second-order valence-electron chi connectivity index (χ2n) is 6.05. The van der Waals surface area contributed by atoms with Crippen LogP contribution in [-0.2, 0) is 25.6 Å². The summed E-state index contributed by atoms with van der Waals surface area (Å²) in [6, 6.07) is 9.46. The Morgan fingerprint density at radius 3 is 2.52 bits per heavy atom. The number of benzene rings is 1. The second-order valence-corrected chi connectivity index (χ2v) is 6.05. The van der Waals surface area contributed by atoms with Crippen LogP contribution in [0.25, 0.3) is 0 Å². The second kappa shape index (κ2) is 7.10. The number of hydrogen-bond donors (Lipinski definition) is 2. The van der Waals surface area contributed by atoms with Gasteiger partial charge in [0, 0.05) is 25.9 Å². The van der Waals surface area contributed by atoms with Gasteiger partial charge in [-0.25, -0.2) is 0 Å². The summed E-state index contributed by atoms with van der Waals surface area (Å²) in [6.45, 7) is 1.09. The van der Waals surface area contributed by atoms with E-state index in [1.807, 2.05) is 30.3 Å². The first kappa shape index (κ1) is 16.0. The molecule has 0 aromatic heterocycles. The van der Waals surface area contributed by atoms with Crippen LogP contribution in [0.5, 0.6) is 0 Å². The highest BCUT2D eigenvalue weighted by Gasteiger charge is 2.43. The molecule has 2 amide bonds. The van der Waals surface area contributed by atoms with E-state index in [-0.39, 0.29) is 6.10 Å². The van der Waals surface area contributed by atoms with Crippen molar-refractivity contribution in [1.29, 1.82) is 0 Å². The van der Waals surface area contributed by atoms with Crippen molar-refractivity contribution in [3.63, 3.8) is 0 Å². The number of amides is 2. The van der Waals surface area contributed by atoms with Crippen molar-refractivity contribution in [3.05, 3.63) is 35.9 Å². The Bertz CT molecular complexity index is 555. The minimum atomic E-state index is -0.642. The summed E-state index contributed by atoms with van der Waals surface area (Å²) in [5.74, 6) is -1.72. The lowest BCUT2D eigenvalue weighted by Crippen LogP contribution is -2.43. The van der Waals surface area contributed by atoms with Crippen LogP contribution in [0.3, 0.4) is 0 Å². The quantitative estimate of drug-likeness (QED) is 0.815. The summed E-state index contributed by atoms with van der Waals surface area (Å²) >= 11 is 0. The van der Waals surface area contributed by atoms with Crippen LogP contribution < -0.4 is 10.6 Å². The van der Waals surface area contributed by atoms with Crippen LogP contribution in [0, 0.1) is 0 Å². The fourth-order valence-corrected chi connectivity index (χ4v) is 3.04. The lowest BCUT2D eigenvalue weighted by Gasteiger charge is -2.21. The van der Waals surface area contributed by atoms with Gasteiger partial charge in [-0.05, 0) is 18.4 Å². The SMILES string of the molecule is O=C(NCc1ccccc1)C(=O)NCC1COC2(CCCC2)O1. The molecule has 1 saturated carbocycles. The molecular formula is C17H22N2O4. The Morgan fingerprint density at radius 1 is 1.09 bits per heavy atom. The highest BCUT2D eigenvalue weighted by atomic mass is 16.7. The fourth-order valence-electron chi connectivity index (χ4n) is 3.04. The Balaban J connectivity index is 1.38. The lowest BCUT2D eigenvalue weighted by atomic mass is 10.2. The third kappa shape index (κ3) is 4.09. The summed E-state index contributed by atoms with van der Waals surface area (Å²) in [5, 5.41) is 5.21. The van der Waals surface area contributed by atoms with E-state index < -0.39 is 17.6 Å². The molecule has 1 spiro atoms. The number of rotatable bonds is 4. The number of ether oxygens (including phenoxy) is 2. The molecule has 1 aromatic rings. The number of hydrogen-bond acceptors (Lipinski definition) is 4. The predicted molar refractivity (Wildman–Crippen MR) is 83.3 cm³/mol. The molecule has 3 rings (SSSR count). The monoisotopic (exact) mass is 318 g/mol. The summed E-state index contributed by atoms with van der Waals surface area (Å²) < 4.78 is 11.6. The molecule has 1 aliphatic heterocycles. The normalized spacial score (nSPS) is 22.2. The van der Waals surface area contributed by atoms with E-state index in [9.17, 15) is 9.59 Å². The Morgan fingerprint density at radius 2 is 1.78 bits per heavy atom. The first-order valence-electron chi connectivity index (χ1n) is 8.09. The summed E-state index contributed by atoms with van der Waals surface area (Å²) in [6.07, 6.45) is 3.87. The zero-order valence-electron chi connectivity index (χ0n) is 13.0. The van der Waals surface area contributed by atoms with Gasteiger partial charge in [-0.15, -0.1) is 0 Å². The molecule has 6 heteroatoms. The number of carbonyl (C=O) groups excluding carboxylic acids is 2. The Hall–Kier alpha value is -1.92. The molecule has 1 aromatic carbocycles. The lowest BCUT2D eigenvalue weighted by molar-refractivity contribution is -0.161. The fraction of sp³-hybridized carbons (Fsp3) is 0.529. The molecule has 124 valence electrons. The van der Waals surface area contributed by atoms with Crippen molar-refractivity contribution in [2.24, 2.45) is 0 Å². The van der Waals surface area contributed by atoms with Gasteiger partial charge in [0.05, 0.1) is 6.61 Å². The van der Waals surface area contributed by atoms with Gasteiger partial charge < -0.3 is 20.1 Å². The van der Waals surface area contributed by atoms with E-state index in [2.05, 4.69) is 10.6 Å². The summed E-state index contributed by atoms with van der Waals surface area (Å²) in [5.41, 5.74) is 0.948. The molecule has 1 unspecified atom stereocenters. The van der Waals surface area contributed by atoms with Crippen LogP contribution in [0.15, 0.2) is 30.3 Å². The molecule has 0 radical (unpaired) electrons. The molecule has 23 heavy (non-hydrogen) atoms. The maximum atomic E-state index is 11.8. The maximum absolute atomic E-state index is 11.8. The first-order chi connectivity index (χ1) is 11.2. The van der Waals surface area contributed by atoms with E-state index >= 15 is 0 Å². The zero-order chi connectivity index (χ0) is 16.1. The molecular weight excluding hydrogens is 296 g/mol. The van der Waals surface area contributed by atoms with E-state index in [4.69, 9.17) is 9.47 Å². The topological polar surface area (TPSA) is 76.7 Å². The molecule has 2 aliphatic rings. The van der Waals surface area contributed by atoms with Crippen molar-refractivity contribution in [2.75, 3.05) is 13.2 Å². The van der Waals surface area contributed by atoms with Crippen LogP contribution in [0.1, 0.15) is 31.2 Å². The van der Waals surface area contributed by atoms with Gasteiger partial charge >= 0.3 is 11.8 Å². The average molecular weight is 318 g/mol. The third-order valence-corrected chi connectivity index (χ3v) is 4.27. The minimum absolute atomic E-state index is 0.182. The van der Waals surface area contributed by atoms with E-state index in [1.165, 1.54) is 0 Å². The number of carbonyl (C=O) groups is 2. The summed E-state index contributed by atoms with van der Waals surface area (Å²) in [7, 11) is 0. The molecule has 1 heterocycles. The van der Waals surface area contributed by atoms with Crippen LogP contribution in [0.4, 0.5) is 0 Å². The first-order valence-corrected chi connectivity index (χ1v) is 8.09. The van der Waals surface area contributed by atoms with Gasteiger partial charge in [0.1, 0.15) is 6.10 Å². The molecule has 1 atom stereocenters. The van der Waals surface area contributed by atoms with Gasteiger partial charge in [0.2, 0.25) is 0 Å². The summed E-state index contributed by atoms with van der Waals surface area (Å²) in [4.78, 5) is 23.6. The van der Waals surface area contributed by atoms with Gasteiger partial charge in [-0.1, -0.05) is 30.3 Å². The number of nitrogens with one attached hydrogen (secondary N) is 2. The molecule has 1 saturated heterocycles. The van der Waals surface area contributed by atoms with Crippen LogP contribution >= 0.6 is 0 Å². The van der Waals surface area contributed by atoms with Crippen molar-refractivity contribution >= 4 is 11.8 Å². The third-order valence-electron chi connectivity index (χ3n) is 4.27. The van der Waals surface area contributed by atoms with E-state index in [0.29, 0.717) is 19.7 Å². The van der Waals surface area contributed by atoms with E-state index in [0.717, 1.165) is 31.2 Å². The molecule has 1 aliphatic carbocycles. The smallest absolute Gasteiger partial charge is 0.309 e. The van der Waals surface area contributed by atoms with Gasteiger partial charge in [0.15, 0.2) is 5.79 Å². The minimum Gasteiger partial charge on any atom is -0.347 e. The Kier molecular flexibility index (Phi) is 4.93. The van der Waals surface area contributed by atoms with Crippen molar-refractivity contribution < 1.29 is 19.1 Å². The van der Waals surface area contributed by atoms with Gasteiger partial charge in [-0.3, -0.25) is 9.59 Å². The van der Waals surface area contributed by atoms with Crippen molar-refractivity contribution in [1.82, 2.24) is 10.6 Å². The van der Waals surface area contributed by atoms with Crippen LogP contribution in [0.2, 0.25) is 0 Å². The highest BCUT2D eigenvalue weighted by molar-refractivity contribution is 6.35. The van der Waals surface area contributed by atoms with Crippen molar-refractivity contribution in [3.8, 4) is 0 Å². The molecule has 0 bridgehead atoms. The Labute approximate surface area is 135 Å². The van der Waals surface area contributed by atoms with E-state index in [1.54, 1.807) is 0 Å². The highest BCUT2D eigenvalue weighted by Crippen LogP contribution is 2.38. The molecule has 2 N–H and O–H groups in total. The van der Waals surface area contributed by atoms with Gasteiger partial charge in [0.25, 0.3) is 0 Å². The standard InChI is InChI=1S/C17H22N2O4/c20-15(18-10-13-6-2-1-3-7-13)16(21)19-11-14-12-22-17(23-14)8-4-5-9-17/h1-3,6-7,14H,4-5,8-12H2,(H,18,20)(H,19,21). The van der Waals surface area contributed by atoms with Crippen LogP contribution in [-0.4, -0.2) is 36.9 Å². The maximum Gasteiger partial charge on any atom is 0.309 e. The predicted octanol–water partition coefficient (Wildman–Crippen LogP) is 1.10. The van der Waals surface area contributed by atoms with Crippen molar-refractivity contribution in [2.45, 2.75) is 44.1 Å².